The lowest BCUT2D eigenvalue weighted by Gasteiger charge is -2.29. The number of carbonyl (C=O) groups is 1. The maximum Gasteiger partial charge on any atom is 0.250 e. The molecule has 0 saturated heterocycles. The fourth-order valence-corrected chi connectivity index (χ4v) is 1.59. The van der Waals surface area contributed by atoms with Gasteiger partial charge in [0.25, 0.3) is 5.91 Å². The SMILES string of the molecule is C=CC(=O)N1CCOc2c(F)ccc(F)c21. The van der Waals surface area contributed by atoms with Crippen molar-refractivity contribution in [1.29, 1.82) is 0 Å². The monoisotopic (exact) mass is 225 g/mol. The molecule has 0 fully saturated rings. The van der Waals surface area contributed by atoms with Crippen molar-refractivity contribution in [2.24, 2.45) is 0 Å². The van der Waals surface area contributed by atoms with Crippen LogP contribution in [0.4, 0.5) is 14.5 Å². The maximum absolute atomic E-state index is 13.5. The molecule has 3 nitrogen and oxygen atoms in total. The summed E-state index contributed by atoms with van der Waals surface area (Å²) in [5.41, 5.74) is -0.156. The molecule has 1 aromatic carbocycles. The molecule has 0 saturated carbocycles. The van der Waals surface area contributed by atoms with Crippen LogP contribution in [0.1, 0.15) is 0 Å². The highest BCUT2D eigenvalue weighted by molar-refractivity contribution is 6.02. The number of benzene rings is 1. The Balaban J connectivity index is 2.57. The lowest BCUT2D eigenvalue weighted by molar-refractivity contribution is -0.114. The molecule has 16 heavy (non-hydrogen) atoms. The van der Waals surface area contributed by atoms with Crippen LogP contribution < -0.4 is 9.64 Å². The Morgan fingerprint density at radius 1 is 1.44 bits per heavy atom. The van der Waals surface area contributed by atoms with Gasteiger partial charge >= 0.3 is 0 Å². The van der Waals surface area contributed by atoms with Crippen molar-refractivity contribution in [2.45, 2.75) is 0 Å². The second-order valence-corrected chi connectivity index (χ2v) is 3.25. The number of fused-ring (bicyclic) bond motifs is 1. The second-order valence-electron chi connectivity index (χ2n) is 3.25. The van der Waals surface area contributed by atoms with Gasteiger partial charge in [-0.25, -0.2) is 8.78 Å². The van der Waals surface area contributed by atoms with Crippen LogP contribution >= 0.6 is 0 Å². The van der Waals surface area contributed by atoms with Crippen LogP contribution in [-0.4, -0.2) is 19.1 Å². The third-order valence-electron chi connectivity index (χ3n) is 2.31. The molecule has 0 spiro atoms. The molecule has 0 bridgehead atoms. The van der Waals surface area contributed by atoms with Crippen LogP contribution in [0.25, 0.3) is 0 Å². The predicted octanol–water partition coefficient (Wildman–Crippen LogP) is 1.88. The van der Waals surface area contributed by atoms with E-state index in [2.05, 4.69) is 6.58 Å². The molecule has 0 N–H and O–H groups in total. The summed E-state index contributed by atoms with van der Waals surface area (Å²) >= 11 is 0. The Morgan fingerprint density at radius 3 is 2.81 bits per heavy atom. The standard InChI is InChI=1S/C11H9F2NO2/c1-2-9(15)14-5-6-16-11-8(13)4-3-7(12)10(11)14/h2-4H,1,5-6H2. The molecule has 1 amide bonds. The fourth-order valence-electron chi connectivity index (χ4n) is 1.59. The number of amides is 1. The first-order chi connectivity index (χ1) is 7.65. The molecule has 0 radical (unpaired) electrons. The first-order valence-electron chi connectivity index (χ1n) is 4.70. The molecule has 0 unspecified atom stereocenters. The van der Waals surface area contributed by atoms with E-state index < -0.39 is 17.5 Å². The Hall–Kier alpha value is -1.91. The van der Waals surface area contributed by atoms with Crippen LogP contribution in [-0.2, 0) is 4.79 Å². The van der Waals surface area contributed by atoms with Crippen molar-refractivity contribution in [2.75, 3.05) is 18.1 Å². The smallest absolute Gasteiger partial charge is 0.250 e. The van der Waals surface area contributed by atoms with E-state index in [1.165, 1.54) is 0 Å². The van der Waals surface area contributed by atoms with Gasteiger partial charge in [0.1, 0.15) is 12.3 Å². The number of carbonyl (C=O) groups excluding carboxylic acids is 1. The molecule has 0 aliphatic carbocycles. The molecule has 1 heterocycles. The van der Waals surface area contributed by atoms with E-state index in [9.17, 15) is 13.6 Å². The molecule has 84 valence electrons. The van der Waals surface area contributed by atoms with Gasteiger partial charge in [0, 0.05) is 0 Å². The highest BCUT2D eigenvalue weighted by Crippen LogP contribution is 2.36. The lowest BCUT2D eigenvalue weighted by atomic mass is 10.2. The Labute approximate surface area is 90.9 Å². The van der Waals surface area contributed by atoms with E-state index in [1.807, 2.05) is 0 Å². The fraction of sp³-hybridized carbons (Fsp3) is 0.182. The summed E-state index contributed by atoms with van der Waals surface area (Å²) in [6.45, 7) is 3.62. The minimum absolute atomic E-state index is 0.132. The molecular formula is C11H9F2NO2. The van der Waals surface area contributed by atoms with Gasteiger partial charge < -0.3 is 4.74 Å². The zero-order valence-corrected chi connectivity index (χ0v) is 8.37. The number of nitrogens with zero attached hydrogens (tertiary/aromatic N) is 1. The number of hydrogen-bond donors (Lipinski definition) is 0. The topological polar surface area (TPSA) is 29.5 Å². The zero-order valence-electron chi connectivity index (χ0n) is 8.37. The van der Waals surface area contributed by atoms with Gasteiger partial charge in [0.05, 0.1) is 6.54 Å². The number of rotatable bonds is 1. The minimum Gasteiger partial charge on any atom is -0.486 e. The van der Waals surface area contributed by atoms with Crippen molar-refractivity contribution in [3.8, 4) is 5.75 Å². The number of ether oxygens (including phenoxy) is 1. The Morgan fingerprint density at radius 2 is 2.12 bits per heavy atom. The summed E-state index contributed by atoms with van der Waals surface area (Å²) < 4.78 is 31.9. The minimum atomic E-state index is -0.689. The van der Waals surface area contributed by atoms with Crippen molar-refractivity contribution in [1.82, 2.24) is 0 Å². The van der Waals surface area contributed by atoms with Crippen LogP contribution in [0.15, 0.2) is 24.8 Å². The first kappa shape index (κ1) is 10.6. The summed E-state index contributed by atoms with van der Waals surface area (Å²) in [5, 5.41) is 0. The second kappa shape index (κ2) is 3.92. The lowest BCUT2D eigenvalue weighted by Crippen LogP contribution is -2.37. The first-order valence-corrected chi connectivity index (χ1v) is 4.70. The molecule has 0 atom stereocenters. The van der Waals surface area contributed by atoms with Gasteiger partial charge in [-0.1, -0.05) is 6.58 Å². The van der Waals surface area contributed by atoms with E-state index >= 15 is 0 Å². The molecule has 0 aromatic heterocycles. The van der Waals surface area contributed by atoms with E-state index in [0.717, 1.165) is 23.1 Å². The van der Waals surface area contributed by atoms with Crippen LogP contribution in [0.5, 0.6) is 5.75 Å². The Bertz CT molecular complexity index is 460. The van der Waals surface area contributed by atoms with Gasteiger partial charge in [-0.3, -0.25) is 9.69 Å². The summed E-state index contributed by atoms with van der Waals surface area (Å²) in [6, 6.07) is 1.93. The quantitative estimate of drug-likeness (QED) is 0.683. The van der Waals surface area contributed by atoms with Gasteiger partial charge in [-0.05, 0) is 18.2 Å². The highest BCUT2D eigenvalue weighted by atomic mass is 19.1. The summed E-state index contributed by atoms with van der Waals surface area (Å²) in [5.74, 6) is -2.07. The maximum atomic E-state index is 13.5. The van der Waals surface area contributed by atoms with Gasteiger partial charge in [0.15, 0.2) is 17.4 Å². The van der Waals surface area contributed by atoms with Gasteiger partial charge in [-0.15, -0.1) is 0 Å². The van der Waals surface area contributed by atoms with Crippen molar-refractivity contribution < 1.29 is 18.3 Å². The Kier molecular flexibility index (Phi) is 2.60. The largest absolute Gasteiger partial charge is 0.486 e. The van der Waals surface area contributed by atoms with E-state index in [4.69, 9.17) is 4.74 Å². The summed E-state index contributed by atoms with van der Waals surface area (Å²) in [7, 11) is 0. The summed E-state index contributed by atoms with van der Waals surface area (Å²) in [6.07, 6.45) is 1.06. The van der Waals surface area contributed by atoms with E-state index in [-0.39, 0.29) is 24.6 Å². The van der Waals surface area contributed by atoms with Crippen molar-refractivity contribution in [3.63, 3.8) is 0 Å². The van der Waals surface area contributed by atoms with Gasteiger partial charge in [-0.2, -0.15) is 0 Å². The average Bonchev–Trinajstić information content (AvgIpc) is 2.32. The van der Waals surface area contributed by atoms with E-state index in [0.29, 0.717) is 0 Å². The van der Waals surface area contributed by atoms with Crippen molar-refractivity contribution in [3.05, 3.63) is 36.4 Å². The molecule has 1 aliphatic rings. The molecular weight excluding hydrogens is 216 g/mol. The predicted molar refractivity (Wildman–Crippen MR) is 54.4 cm³/mol. The van der Waals surface area contributed by atoms with Crippen LogP contribution in [0.3, 0.4) is 0 Å². The normalized spacial score (nSPS) is 14.0. The number of anilines is 1. The van der Waals surface area contributed by atoms with E-state index in [1.54, 1.807) is 0 Å². The average molecular weight is 225 g/mol. The zero-order chi connectivity index (χ0) is 11.7. The van der Waals surface area contributed by atoms with Crippen LogP contribution in [0, 0.1) is 11.6 Å². The number of hydrogen-bond acceptors (Lipinski definition) is 2. The molecule has 2 rings (SSSR count). The molecule has 1 aliphatic heterocycles. The van der Waals surface area contributed by atoms with Crippen LogP contribution in [0.2, 0.25) is 0 Å². The highest BCUT2D eigenvalue weighted by Gasteiger charge is 2.28. The third-order valence-corrected chi connectivity index (χ3v) is 2.31. The third kappa shape index (κ3) is 1.54. The number of halogens is 2. The van der Waals surface area contributed by atoms with Crippen molar-refractivity contribution >= 4 is 11.6 Å². The molecule has 1 aromatic rings. The summed E-state index contributed by atoms with van der Waals surface area (Å²) in [4.78, 5) is 12.6. The molecule has 5 heteroatoms. The van der Waals surface area contributed by atoms with Gasteiger partial charge in [0.2, 0.25) is 0 Å².